The van der Waals surface area contributed by atoms with Crippen molar-refractivity contribution in [3.05, 3.63) is 133 Å². The summed E-state index contributed by atoms with van der Waals surface area (Å²) in [6, 6.07) is 9.47. The Kier molecular flexibility index (Phi) is 26.4. The number of rotatable bonds is 29. The molecule has 2 aromatic carbocycles. The summed E-state index contributed by atoms with van der Waals surface area (Å²) in [5.41, 5.74) is 1.24. The Bertz CT molecular complexity index is 1870. The molecule has 0 aromatic heterocycles. The van der Waals surface area contributed by atoms with E-state index >= 15 is 0 Å². The van der Waals surface area contributed by atoms with Crippen LogP contribution in [-0.4, -0.2) is 81.0 Å². The lowest BCUT2D eigenvalue weighted by molar-refractivity contribution is -0.122. The molecule has 0 aliphatic heterocycles. The van der Waals surface area contributed by atoms with Gasteiger partial charge >= 0.3 is 6.09 Å². The van der Waals surface area contributed by atoms with E-state index in [0.29, 0.717) is 50.1 Å². The summed E-state index contributed by atoms with van der Waals surface area (Å²) < 4.78 is 15.9. The summed E-state index contributed by atoms with van der Waals surface area (Å²) in [5.74, 6) is -0.0275. The van der Waals surface area contributed by atoms with Gasteiger partial charge in [0, 0.05) is 32.6 Å². The van der Waals surface area contributed by atoms with Gasteiger partial charge in [0.25, 0.3) is 0 Å². The molecule has 0 saturated carbocycles. The van der Waals surface area contributed by atoms with Gasteiger partial charge in [-0.15, -0.1) is 0 Å². The third-order valence-corrected chi connectivity index (χ3v) is 8.58. The molecule has 0 aliphatic rings. The molecule has 0 saturated heterocycles. The number of likely N-dealkylation sites (N-methyl/N-ethyl adjacent to an activating group) is 1. The predicted molar refractivity (Wildman–Crippen MR) is 242 cm³/mol. The lowest BCUT2D eigenvalue weighted by atomic mass is 10.1. The van der Waals surface area contributed by atoms with Crippen LogP contribution in [-0.2, 0) is 14.4 Å². The van der Waals surface area contributed by atoms with Gasteiger partial charge in [-0.05, 0) is 99.5 Å². The zero-order chi connectivity index (χ0) is 43.6. The van der Waals surface area contributed by atoms with Crippen LogP contribution in [0.25, 0.3) is 12.2 Å². The number of carbonyl (C=O) groups excluding carboxylic acids is 4. The number of ether oxygens (including phenoxy) is 3. The molecular weight excluding hydrogens is 759 g/mol. The van der Waals surface area contributed by atoms with Gasteiger partial charge in [-0.25, -0.2) is 4.79 Å². The molecule has 2 aromatic rings. The average Bonchev–Trinajstić information content (AvgIpc) is 3.23. The number of nitrogens with one attached hydrogen (secondary N) is 2. The number of carbonyl (C=O) groups is 4. The van der Waals surface area contributed by atoms with Gasteiger partial charge in [0.2, 0.25) is 5.91 Å². The van der Waals surface area contributed by atoms with Crippen molar-refractivity contribution in [2.45, 2.75) is 64.7 Å². The molecule has 60 heavy (non-hydrogen) atoms. The quantitative estimate of drug-likeness (QED) is 0.0416. The molecule has 0 atom stereocenters. The van der Waals surface area contributed by atoms with Crippen LogP contribution in [0.15, 0.2) is 121 Å². The van der Waals surface area contributed by atoms with Gasteiger partial charge in [0.1, 0.15) is 0 Å². The van der Waals surface area contributed by atoms with Crippen LogP contribution in [0.1, 0.15) is 75.8 Å². The maximum absolute atomic E-state index is 12.5. The first kappa shape index (κ1) is 49.9. The second kappa shape index (κ2) is 31.7. The minimum atomic E-state index is -0.653. The Morgan fingerprint density at radius 1 is 0.633 bits per heavy atom. The molecule has 0 fully saturated rings. The van der Waals surface area contributed by atoms with E-state index in [9.17, 15) is 24.3 Å². The number of hydrogen-bond acceptors (Lipinski definition) is 9. The van der Waals surface area contributed by atoms with Crippen LogP contribution in [0.5, 0.6) is 23.0 Å². The molecule has 0 spiro atoms. The number of aromatic hydroxyl groups is 1. The highest BCUT2D eigenvalue weighted by molar-refractivity contribution is 6.10. The Labute approximate surface area is 356 Å². The van der Waals surface area contributed by atoms with Crippen LogP contribution in [0.2, 0.25) is 0 Å². The maximum atomic E-state index is 12.5. The average molecular weight is 822 g/mol. The number of ketones is 2. The van der Waals surface area contributed by atoms with Gasteiger partial charge in [-0.3, -0.25) is 14.4 Å². The van der Waals surface area contributed by atoms with E-state index in [2.05, 4.69) is 84.4 Å². The van der Waals surface area contributed by atoms with Crippen molar-refractivity contribution in [1.29, 1.82) is 0 Å². The number of amides is 2. The number of methoxy groups -OCH3 is 2. The maximum Gasteiger partial charge on any atom is 0.412 e. The Morgan fingerprint density at radius 2 is 1.12 bits per heavy atom. The predicted octanol–water partition coefficient (Wildman–Crippen LogP) is 9.28. The summed E-state index contributed by atoms with van der Waals surface area (Å²) in [4.78, 5) is 51.4. The fraction of sp³-hybridized carbons (Fsp3) is 0.347. The molecule has 0 aliphatic carbocycles. The molecule has 0 bridgehead atoms. The van der Waals surface area contributed by atoms with Gasteiger partial charge < -0.3 is 34.9 Å². The van der Waals surface area contributed by atoms with Gasteiger partial charge in [0.15, 0.2) is 34.6 Å². The molecule has 2 rings (SSSR count). The van der Waals surface area contributed by atoms with Crippen molar-refractivity contribution in [2.24, 2.45) is 0 Å². The zero-order valence-electron chi connectivity index (χ0n) is 35.6. The van der Waals surface area contributed by atoms with Crippen LogP contribution < -0.4 is 24.8 Å². The fourth-order valence-electron chi connectivity index (χ4n) is 5.26. The van der Waals surface area contributed by atoms with Crippen molar-refractivity contribution < 1.29 is 38.5 Å². The summed E-state index contributed by atoms with van der Waals surface area (Å²) >= 11 is 0. The van der Waals surface area contributed by atoms with Crippen LogP contribution >= 0.6 is 0 Å². The summed E-state index contributed by atoms with van der Waals surface area (Å²) in [6.45, 7) is 4.13. The monoisotopic (exact) mass is 821 g/mol. The Hall–Kier alpha value is -6.20. The van der Waals surface area contributed by atoms with Crippen LogP contribution in [0.4, 0.5) is 4.79 Å². The minimum absolute atomic E-state index is 0.000627. The number of phenols is 1. The van der Waals surface area contributed by atoms with Gasteiger partial charge in [-0.2, -0.15) is 0 Å². The Morgan fingerprint density at radius 3 is 1.65 bits per heavy atom. The number of hydrogen-bond donors (Lipinski definition) is 3. The second-order valence-electron chi connectivity index (χ2n) is 13.5. The van der Waals surface area contributed by atoms with Crippen molar-refractivity contribution in [3.63, 3.8) is 0 Å². The number of phenolic OH excluding ortho intramolecular Hbond substituents is 1. The number of benzene rings is 2. The number of nitrogens with zero attached hydrogens (tertiary/aromatic N) is 1. The van der Waals surface area contributed by atoms with E-state index in [1.54, 1.807) is 42.5 Å². The van der Waals surface area contributed by atoms with Crippen molar-refractivity contribution in [3.8, 4) is 23.0 Å². The number of allylic oxidation sites excluding steroid dienone is 14. The fourth-order valence-corrected chi connectivity index (χ4v) is 5.26. The summed E-state index contributed by atoms with van der Waals surface area (Å²) in [6.07, 6.45) is 37.5. The molecule has 0 heterocycles. The first-order valence-corrected chi connectivity index (χ1v) is 20.4. The van der Waals surface area contributed by atoms with E-state index in [-0.39, 0.29) is 41.1 Å². The largest absolute Gasteiger partial charge is 0.504 e. The lowest BCUT2D eigenvalue weighted by Crippen LogP contribution is -2.38. The molecule has 0 radical (unpaired) electrons. The van der Waals surface area contributed by atoms with Crippen LogP contribution in [0, 0.1) is 0 Å². The molecular formula is C49H63N3O8. The molecule has 0 unspecified atom stereocenters. The topological polar surface area (TPSA) is 144 Å². The SMILES string of the molecule is CC/C=C\C/C=C\C/C=C\C/C=C\C/C=C\C/C=C\CCC(=O)NCCN(C)CCNC(=O)Oc1ccc(/C=C/C(=O)CC(=O)/C=C/c2ccc(O)c(OC)c2)cc1OC. The Balaban J connectivity index is 1.57. The van der Waals surface area contributed by atoms with Crippen LogP contribution in [0.3, 0.4) is 0 Å². The summed E-state index contributed by atoms with van der Waals surface area (Å²) in [5, 5.41) is 15.4. The molecule has 11 heteroatoms. The van der Waals surface area contributed by atoms with Crippen molar-refractivity contribution >= 4 is 35.7 Å². The highest BCUT2D eigenvalue weighted by atomic mass is 16.6. The summed E-state index contributed by atoms with van der Waals surface area (Å²) in [7, 11) is 4.77. The van der Waals surface area contributed by atoms with Crippen molar-refractivity contribution in [1.82, 2.24) is 15.5 Å². The van der Waals surface area contributed by atoms with E-state index < -0.39 is 11.9 Å². The zero-order valence-corrected chi connectivity index (χ0v) is 35.6. The van der Waals surface area contributed by atoms with Gasteiger partial charge in [-0.1, -0.05) is 104 Å². The third-order valence-electron chi connectivity index (χ3n) is 8.58. The second-order valence-corrected chi connectivity index (χ2v) is 13.5. The minimum Gasteiger partial charge on any atom is -0.504 e. The van der Waals surface area contributed by atoms with E-state index in [0.717, 1.165) is 38.5 Å². The molecule has 2 amide bonds. The third kappa shape index (κ3) is 23.9. The highest BCUT2D eigenvalue weighted by Gasteiger charge is 2.12. The normalized spacial score (nSPS) is 12.2. The van der Waals surface area contributed by atoms with Crippen molar-refractivity contribution in [2.75, 3.05) is 47.4 Å². The van der Waals surface area contributed by atoms with E-state index in [1.807, 2.05) is 18.0 Å². The first-order valence-electron chi connectivity index (χ1n) is 20.4. The molecule has 3 N–H and O–H groups in total. The van der Waals surface area contributed by atoms with E-state index in [1.165, 1.54) is 32.4 Å². The van der Waals surface area contributed by atoms with E-state index in [4.69, 9.17) is 14.2 Å². The lowest BCUT2D eigenvalue weighted by Gasteiger charge is -2.17. The highest BCUT2D eigenvalue weighted by Crippen LogP contribution is 2.29. The smallest absolute Gasteiger partial charge is 0.412 e. The van der Waals surface area contributed by atoms with Gasteiger partial charge in [0.05, 0.1) is 20.6 Å². The molecule has 11 nitrogen and oxygen atoms in total. The first-order chi connectivity index (χ1) is 29.1. The standard InChI is InChI=1S/C49H63N3O8/c1-5-6-7-8-9-10-11-12-13-14-15-16-17-18-19-20-21-22-23-24-48(56)50-33-35-52(2)36-34-51-49(57)60-45-32-28-41(38-47(45)59-4)26-30-43(54)39-42(53)29-25-40-27-31-44(55)46(37-40)58-3/h6-7,9-10,12-13,15-16,18-19,21-22,25-32,37-38,55H,5,8,11,14,17,20,23-24,33-36,39H2,1-4H3,(H,50,56)(H,51,57)/b7-6-,10-9-,13-12-,16-15-,19-18-,22-21-,29-25+,30-26+. The molecule has 322 valence electrons.